The molecule has 0 unspecified atom stereocenters. The fourth-order valence-electron chi connectivity index (χ4n) is 4.16. The van der Waals surface area contributed by atoms with Crippen LogP contribution in [0.5, 0.6) is 5.75 Å². The van der Waals surface area contributed by atoms with Gasteiger partial charge in [-0.25, -0.2) is 15.0 Å². The number of benzene rings is 2. The molecule has 4 rings (SSSR count). The van der Waals surface area contributed by atoms with Gasteiger partial charge in [-0.2, -0.15) is 0 Å². The second-order valence-electron chi connectivity index (χ2n) is 9.30. The molecule has 2 aromatic carbocycles. The third-order valence-corrected chi connectivity index (χ3v) is 6.03. The normalized spacial score (nSPS) is 11.4. The van der Waals surface area contributed by atoms with Crippen molar-refractivity contribution in [3.05, 3.63) is 58.8 Å². The molecule has 0 atom stereocenters. The number of likely N-dealkylation sites (N-methyl/N-ethyl adjacent to an activating group) is 2. The minimum Gasteiger partial charge on any atom is -0.494 e. The van der Waals surface area contributed by atoms with Crippen molar-refractivity contribution in [3.8, 4) is 17.3 Å². The minimum atomic E-state index is -0.394. The largest absolute Gasteiger partial charge is 0.494 e. The van der Waals surface area contributed by atoms with Crippen LogP contribution < -0.4 is 15.0 Å². The molecule has 1 N–H and O–H groups in total. The van der Waals surface area contributed by atoms with Gasteiger partial charge in [-0.15, -0.1) is 0 Å². The van der Waals surface area contributed by atoms with E-state index in [1.165, 1.54) is 13.2 Å². The SMILES string of the molecule is COc1cc(N(C)CCN(C)C)c([N+](=O)[O-])cc1Nc1nccc(-c2nc3ccccc3n2C(C)C)n1. The zero-order chi connectivity index (χ0) is 26.7. The molecule has 11 nitrogen and oxygen atoms in total. The Morgan fingerprint density at radius 2 is 1.86 bits per heavy atom. The number of imidazole rings is 1. The number of rotatable bonds is 10. The van der Waals surface area contributed by atoms with Crippen molar-refractivity contribution < 1.29 is 9.66 Å². The standard InChI is InChI=1S/C26H32N8O3/c1-17(2)33-21-10-8-7-9-18(21)28-25(33)19-11-12-27-26(29-19)30-20-15-23(34(35)36)22(16-24(20)37-6)32(5)14-13-31(3)4/h7-12,15-17H,13-14H2,1-6H3,(H,27,29,30). The summed E-state index contributed by atoms with van der Waals surface area (Å²) in [6, 6.07) is 13.0. The lowest BCUT2D eigenvalue weighted by Crippen LogP contribution is -2.28. The minimum absolute atomic E-state index is 0.0395. The molecular formula is C26H32N8O3. The lowest BCUT2D eigenvalue weighted by atomic mass is 10.2. The predicted molar refractivity (Wildman–Crippen MR) is 146 cm³/mol. The molecule has 0 amide bonds. The van der Waals surface area contributed by atoms with Gasteiger partial charge in [0.2, 0.25) is 5.95 Å². The average molecular weight is 505 g/mol. The third kappa shape index (κ3) is 5.46. The van der Waals surface area contributed by atoms with E-state index in [1.54, 1.807) is 18.3 Å². The molecule has 0 radical (unpaired) electrons. The Kier molecular flexibility index (Phi) is 7.53. The van der Waals surface area contributed by atoms with Crippen molar-refractivity contribution in [1.29, 1.82) is 0 Å². The molecule has 0 bridgehead atoms. The first-order valence-electron chi connectivity index (χ1n) is 12.0. The van der Waals surface area contributed by atoms with Crippen LogP contribution in [0.1, 0.15) is 19.9 Å². The predicted octanol–water partition coefficient (Wildman–Crippen LogP) is 4.73. The lowest BCUT2D eigenvalue weighted by molar-refractivity contribution is -0.384. The average Bonchev–Trinajstić information content (AvgIpc) is 3.27. The summed E-state index contributed by atoms with van der Waals surface area (Å²) in [6.45, 7) is 5.56. The van der Waals surface area contributed by atoms with Crippen molar-refractivity contribution in [1.82, 2.24) is 24.4 Å². The van der Waals surface area contributed by atoms with Crippen molar-refractivity contribution >= 4 is 34.0 Å². The summed E-state index contributed by atoms with van der Waals surface area (Å²) in [5.74, 6) is 1.44. The van der Waals surface area contributed by atoms with Crippen LogP contribution in [0.2, 0.25) is 0 Å². The third-order valence-electron chi connectivity index (χ3n) is 6.03. The summed E-state index contributed by atoms with van der Waals surface area (Å²) >= 11 is 0. The Labute approximate surface area is 215 Å². The number of nitro benzene ring substituents is 1. The van der Waals surface area contributed by atoms with Gasteiger partial charge in [0.05, 0.1) is 28.8 Å². The molecule has 0 saturated heterocycles. The molecule has 0 saturated carbocycles. The van der Waals surface area contributed by atoms with Crippen LogP contribution in [0, 0.1) is 10.1 Å². The number of fused-ring (bicyclic) bond motifs is 1. The highest BCUT2D eigenvalue weighted by Gasteiger charge is 2.23. The van der Waals surface area contributed by atoms with Gasteiger partial charge in [-0.1, -0.05) is 12.1 Å². The number of nitrogens with one attached hydrogen (secondary N) is 1. The number of hydrogen-bond acceptors (Lipinski definition) is 9. The number of methoxy groups -OCH3 is 1. The molecule has 37 heavy (non-hydrogen) atoms. The van der Waals surface area contributed by atoms with E-state index in [9.17, 15) is 10.1 Å². The smallest absolute Gasteiger partial charge is 0.294 e. The molecule has 0 aliphatic rings. The summed E-state index contributed by atoms with van der Waals surface area (Å²) in [5, 5.41) is 15.1. The van der Waals surface area contributed by atoms with E-state index in [-0.39, 0.29) is 17.7 Å². The highest BCUT2D eigenvalue weighted by Crippen LogP contribution is 2.39. The Morgan fingerprint density at radius 3 is 2.54 bits per heavy atom. The van der Waals surface area contributed by atoms with E-state index >= 15 is 0 Å². The van der Waals surface area contributed by atoms with E-state index in [1.807, 2.05) is 55.2 Å². The maximum Gasteiger partial charge on any atom is 0.294 e. The zero-order valence-electron chi connectivity index (χ0n) is 22.0. The fraction of sp³-hybridized carbons (Fsp3) is 0.346. The van der Waals surface area contributed by atoms with Crippen LogP contribution in [-0.4, -0.2) is 70.7 Å². The van der Waals surface area contributed by atoms with E-state index in [0.29, 0.717) is 29.4 Å². The molecule has 0 aliphatic carbocycles. The van der Waals surface area contributed by atoms with Crippen molar-refractivity contribution in [2.45, 2.75) is 19.9 Å². The Hall–Kier alpha value is -4.25. The van der Waals surface area contributed by atoms with Crippen LogP contribution in [0.15, 0.2) is 48.7 Å². The number of anilines is 3. The summed E-state index contributed by atoms with van der Waals surface area (Å²) in [4.78, 5) is 29.3. The van der Waals surface area contributed by atoms with E-state index in [0.717, 1.165) is 23.4 Å². The van der Waals surface area contributed by atoms with Gasteiger partial charge in [-0.05, 0) is 46.1 Å². The Morgan fingerprint density at radius 1 is 1.11 bits per heavy atom. The van der Waals surface area contributed by atoms with Crippen molar-refractivity contribution in [3.63, 3.8) is 0 Å². The molecule has 0 fully saturated rings. The molecule has 11 heteroatoms. The summed E-state index contributed by atoms with van der Waals surface area (Å²) in [7, 11) is 7.27. The second kappa shape index (κ2) is 10.8. The quantitative estimate of drug-likeness (QED) is 0.242. The van der Waals surface area contributed by atoms with E-state index in [2.05, 4.69) is 33.7 Å². The molecular weight excluding hydrogens is 472 g/mol. The van der Waals surface area contributed by atoms with Crippen LogP contribution in [0.4, 0.5) is 23.0 Å². The Bertz CT molecular complexity index is 1420. The highest BCUT2D eigenvalue weighted by atomic mass is 16.6. The van der Waals surface area contributed by atoms with Gasteiger partial charge in [0.1, 0.15) is 17.1 Å². The first-order chi connectivity index (χ1) is 17.7. The highest BCUT2D eigenvalue weighted by molar-refractivity contribution is 5.81. The van der Waals surface area contributed by atoms with Gasteiger partial charge in [0, 0.05) is 44.5 Å². The molecule has 194 valence electrons. The fourth-order valence-corrected chi connectivity index (χ4v) is 4.16. The van der Waals surface area contributed by atoms with E-state index < -0.39 is 4.92 Å². The topological polar surface area (TPSA) is 114 Å². The first-order valence-corrected chi connectivity index (χ1v) is 12.0. The molecule has 2 heterocycles. The number of para-hydroxylation sites is 2. The Balaban J connectivity index is 1.72. The summed E-state index contributed by atoms with van der Waals surface area (Å²) in [6.07, 6.45) is 1.64. The van der Waals surface area contributed by atoms with Gasteiger partial charge < -0.3 is 24.4 Å². The van der Waals surface area contributed by atoms with Crippen molar-refractivity contribution in [2.75, 3.05) is 51.6 Å². The molecule has 0 spiro atoms. The molecule has 4 aromatic rings. The number of aromatic nitrogens is 4. The molecule has 2 aromatic heterocycles. The van der Waals surface area contributed by atoms with Gasteiger partial charge in [0.15, 0.2) is 5.82 Å². The van der Waals surface area contributed by atoms with Crippen LogP contribution in [-0.2, 0) is 0 Å². The van der Waals surface area contributed by atoms with Gasteiger partial charge >= 0.3 is 0 Å². The van der Waals surface area contributed by atoms with Crippen LogP contribution >= 0.6 is 0 Å². The number of hydrogen-bond donors (Lipinski definition) is 1. The van der Waals surface area contributed by atoms with Crippen LogP contribution in [0.3, 0.4) is 0 Å². The van der Waals surface area contributed by atoms with Gasteiger partial charge in [-0.3, -0.25) is 10.1 Å². The maximum absolute atomic E-state index is 12.0. The summed E-state index contributed by atoms with van der Waals surface area (Å²) in [5.41, 5.74) is 3.36. The van der Waals surface area contributed by atoms with Crippen LogP contribution in [0.25, 0.3) is 22.6 Å². The summed E-state index contributed by atoms with van der Waals surface area (Å²) < 4.78 is 7.71. The first kappa shape index (κ1) is 25.8. The number of ether oxygens (including phenoxy) is 1. The van der Waals surface area contributed by atoms with Gasteiger partial charge in [0.25, 0.3) is 5.69 Å². The maximum atomic E-state index is 12.0. The van der Waals surface area contributed by atoms with Crippen molar-refractivity contribution in [2.24, 2.45) is 0 Å². The second-order valence-corrected chi connectivity index (χ2v) is 9.30. The lowest BCUT2D eigenvalue weighted by Gasteiger charge is -2.22. The number of nitro groups is 1. The number of nitrogens with zero attached hydrogens (tertiary/aromatic N) is 7. The van der Waals surface area contributed by atoms with E-state index in [4.69, 9.17) is 9.72 Å². The zero-order valence-corrected chi connectivity index (χ0v) is 22.0. The molecule has 0 aliphatic heterocycles. The monoisotopic (exact) mass is 504 g/mol.